The van der Waals surface area contributed by atoms with Crippen LogP contribution >= 0.6 is 15.9 Å². The largest absolute Gasteiger partial charge is 0.486 e. The van der Waals surface area contributed by atoms with Gasteiger partial charge in [-0.2, -0.15) is 0 Å². The van der Waals surface area contributed by atoms with E-state index >= 15 is 0 Å². The van der Waals surface area contributed by atoms with Crippen LogP contribution in [0.15, 0.2) is 16.6 Å². The van der Waals surface area contributed by atoms with E-state index in [1.54, 1.807) is 19.1 Å². The molecule has 1 aliphatic heterocycles. The summed E-state index contributed by atoms with van der Waals surface area (Å²) >= 11 is 3.36. The third-order valence-electron chi connectivity index (χ3n) is 2.53. The minimum absolute atomic E-state index is 0.0146. The van der Waals surface area contributed by atoms with Gasteiger partial charge in [0.05, 0.1) is 5.75 Å². The number of halogens is 1. The highest BCUT2D eigenvalue weighted by Crippen LogP contribution is 2.36. The maximum Gasteiger partial charge on any atom is 0.162 e. The predicted octanol–water partition coefficient (Wildman–Crippen LogP) is 2.16. The Morgan fingerprint density at radius 1 is 1.24 bits per heavy atom. The molecule has 1 aromatic carbocycles. The number of ether oxygens (including phenoxy) is 2. The van der Waals surface area contributed by atoms with E-state index < -0.39 is 9.84 Å². The second-order valence-corrected chi connectivity index (χ2v) is 6.97. The van der Waals surface area contributed by atoms with Crippen LogP contribution in [-0.4, -0.2) is 27.4 Å². The van der Waals surface area contributed by atoms with Crippen molar-refractivity contribution in [2.45, 2.75) is 12.7 Å². The zero-order valence-electron chi connectivity index (χ0n) is 9.40. The van der Waals surface area contributed by atoms with Crippen LogP contribution in [0.3, 0.4) is 0 Å². The second kappa shape index (κ2) is 4.86. The van der Waals surface area contributed by atoms with Crippen LogP contribution in [0.2, 0.25) is 0 Å². The van der Waals surface area contributed by atoms with E-state index in [0.29, 0.717) is 30.3 Å². The first-order chi connectivity index (χ1) is 8.02. The Hall–Kier alpha value is -0.750. The number of fused-ring (bicyclic) bond motifs is 1. The van der Waals surface area contributed by atoms with E-state index in [1.165, 1.54) is 0 Å². The lowest BCUT2D eigenvalue weighted by Gasteiger charge is -2.19. The van der Waals surface area contributed by atoms with Gasteiger partial charge in [-0.3, -0.25) is 0 Å². The first-order valence-electron chi connectivity index (χ1n) is 5.30. The number of hydrogen-bond acceptors (Lipinski definition) is 4. The summed E-state index contributed by atoms with van der Waals surface area (Å²) in [6.45, 7) is 2.65. The molecule has 17 heavy (non-hydrogen) atoms. The van der Waals surface area contributed by atoms with Gasteiger partial charge in [-0.15, -0.1) is 0 Å². The molecule has 0 N–H and O–H groups in total. The normalized spacial score (nSPS) is 14.7. The highest BCUT2D eigenvalue weighted by Gasteiger charge is 2.18. The van der Waals surface area contributed by atoms with Gasteiger partial charge in [-0.05, 0) is 17.7 Å². The molecule has 0 aliphatic carbocycles. The van der Waals surface area contributed by atoms with Crippen molar-refractivity contribution in [2.24, 2.45) is 0 Å². The quantitative estimate of drug-likeness (QED) is 0.856. The topological polar surface area (TPSA) is 52.6 Å². The molecule has 0 saturated heterocycles. The fraction of sp³-hybridized carbons (Fsp3) is 0.455. The molecule has 4 nitrogen and oxygen atoms in total. The molecule has 2 rings (SSSR count). The Kier molecular flexibility index (Phi) is 3.63. The first-order valence-corrected chi connectivity index (χ1v) is 7.91. The van der Waals surface area contributed by atoms with Crippen LogP contribution in [0.5, 0.6) is 11.5 Å². The minimum Gasteiger partial charge on any atom is -0.486 e. The molecular formula is C11H13BrO4S. The van der Waals surface area contributed by atoms with E-state index in [-0.39, 0.29) is 11.5 Å². The van der Waals surface area contributed by atoms with E-state index in [2.05, 4.69) is 15.9 Å². The standard InChI is InChI=1S/C11H13BrO4S/c1-2-17(13,14)7-8-5-10-11(6-9(8)12)16-4-3-15-10/h5-6H,2-4,7H2,1H3. The van der Waals surface area contributed by atoms with E-state index in [1.807, 2.05) is 0 Å². The zero-order valence-corrected chi connectivity index (χ0v) is 11.8. The Labute approximate surface area is 109 Å². The van der Waals surface area contributed by atoms with Gasteiger partial charge in [0.2, 0.25) is 0 Å². The average Bonchev–Trinajstić information content (AvgIpc) is 2.30. The van der Waals surface area contributed by atoms with Gasteiger partial charge in [0.1, 0.15) is 13.2 Å². The molecule has 0 saturated carbocycles. The lowest BCUT2D eigenvalue weighted by molar-refractivity contribution is 0.171. The van der Waals surface area contributed by atoms with Crippen LogP contribution in [0.25, 0.3) is 0 Å². The SMILES string of the molecule is CCS(=O)(=O)Cc1cc2c(cc1Br)OCCO2. The summed E-state index contributed by atoms with van der Waals surface area (Å²) in [5.41, 5.74) is 0.705. The Bertz CT molecular complexity index is 525. The molecule has 1 heterocycles. The van der Waals surface area contributed by atoms with Crippen LogP contribution < -0.4 is 9.47 Å². The Balaban J connectivity index is 2.35. The van der Waals surface area contributed by atoms with Crippen molar-refractivity contribution in [3.05, 3.63) is 22.2 Å². The van der Waals surface area contributed by atoms with E-state index in [9.17, 15) is 8.42 Å². The third-order valence-corrected chi connectivity index (χ3v) is 4.90. The summed E-state index contributed by atoms with van der Waals surface area (Å²) < 4.78 is 34.8. The molecule has 0 radical (unpaired) electrons. The van der Waals surface area contributed by atoms with Crippen LogP contribution in [0, 0.1) is 0 Å². The number of hydrogen-bond donors (Lipinski definition) is 0. The molecule has 0 unspecified atom stereocenters. The smallest absolute Gasteiger partial charge is 0.162 e. The number of benzene rings is 1. The minimum atomic E-state index is -3.05. The molecule has 0 aromatic heterocycles. The summed E-state index contributed by atoms with van der Waals surface area (Å²) in [4.78, 5) is 0. The molecule has 94 valence electrons. The Morgan fingerprint density at radius 3 is 2.41 bits per heavy atom. The van der Waals surface area contributed by atoms with Gasteiger partial charge in [-0.1, -0.05) is 22.9 Å². The van der Waals surface area contributed by atoms with Gasteiger partial charge in [0.15, 0.2) is 21.3 Å². The van der Waals surface area contributed by atoms with Gasteiger partial charge in [0, 0.05) is 10.2 Å². The van der Waals surface area contributed by atoms with Crippen molar-refractivity contribution in [3.8, 4) is 11.5 Å². The van der Waals surface area contributed by atoms with E-state index in [0.717, 1.165) is 4.47 Å². The summed E-state index contributed by atoms with van der Waals surface area (Å²) in [5, 5.41) is 0. The molecule has 0 bridgehead atoms. The monoisotopic (exact) mass is 320 g/mol. The van der Waals surface area contributed by atoms with Crippen molar-refractivity contribution < 1.29 is 17.9 Å². The molecule has 6 heteroatoms. The van der Waals surface area contributed by atoms with Gasteiger partial charge in [-0.25, -0.2) is 8.42 Å². The van der Waals surface area contributed by atoms with E-state index in [4.69, 9.17) is 9.47 Å². The fourth-order valence-corrected chi connectivity index (χ4v) is 3.12. The van der Waals surface area contributed by atoms with Gasteiger partial charge in [0.25, 0.3) is 0 Å². The Morgan fingerprint density at radius 2 is 1.82 bits per heavy atom. The second-order valence-electron chi connectivity index (χ2n) is 3.76. The molecule has 0 amide bonds. The molecule has 0 fully saturated rings. The highest BCUT2D eigenvalue weighted by molar-refractivity contribution is 9.10. The number of rotatable bonds is 3. The highest BCUT2D eigenvalue weighted by atomic mass is 79.9. The summed E-state index contributed by atoms with van der Waals surface area (Å²) in [5.74, 6) is 1.41. The molecule has 1 aliphatic rings. The molecule has 1 aromatic rings. The maximum atomic E-state index is 11.6. The zero-order chi connectivity index (χ0) is 12.5. The molecule has 0 spiro atoms. The van der Waals surface area contributed by atoms with Crippen molar-refractivity contribution in [1.29, 1.82) is 0 Å². The van der Waals surface area contributed by atoms with Crippen LogP contribution in [-0.2, 0) is 15.6 Å². The first kappa shape index (κ1) is 12.7. The van der Waals surface area contributed by atoms with Crippen LogP contribution in [0.1, 0.15) is 12.5 Å². The lowest BCUT2D eigenvalue weighted by Crippen LogP contribution is -2.16. The van der Waals surface area contributed by atoms with Crippen molar-refractivity contribution in [2.75, 3.05) is 19.0 Å². The van der Waals surface area contributed by atoms with Gasteiger partial charge >= 0.3 is 0 Å². The van der Waals surface area contributed by atoms with Crippen molar-refractivity contribution in [3.63, 3.8) is 0 Å². The fourth-order valence-electron chi connectivity index (χ4n) is 1.56. The summed E-state index contributed by atoms with van der Waals surface area (Å²) in [6, 6.07) is 3.49. The predicted molar refractivity (Wildman–Crippen MR) is 68.3 cm³/mol. The van der Waals surface area contributed by atoms with Crippen molar-refractivity contribution in [1.82, 2.24) is 0 Å². The third kappa shape index (κ3) is 2.93. The van der Waals surface area contributed by atoms with Gasteiger partial charge < -0.3 is 9.47 Å². The molecule has 0 atom stereocenters. The van der Waals surface area contributed by atoms with Crippen molar-refractivity contribution >= 4 is 25.8 Å². The lowest BCUT2D eigenvalue weighted by atomic mass is 10.2. The summed E-state index contributed by atoms with van der Waals surface area (Å²) in [7, 11) is -3.05. The maximum absolute atomic E-state index is 11.6. The summed E-state index contributed by atoms with van der Waals surface area (Å²) in [6.07, 6.45) is 0. The number of sulfone groups is 1. The van der Waals surface area contributed by atoms with Crippen LogP contribution in [0.4, 0.5) is 0 Å². The molecular weight excluding hydrogens is 308 g/mol. The average molecular weight is 321 g/mol.